The zero-order valence-electron chi connectivity index (χ0n) is 15.2. The first-order chi connectivity index (χ1) is 10.3. The van der Waals surface area contributed by atoms with E-state index in [1.165, 1.54) is 44.9 Å². The summed E-state index contributed by atoms with van der Waals surface area (Å²) in [5, 5.41) is 9.76. The van der Waals surface area contributed by atoms with E-state index in [1.807, 2.05) is 0 Å². The van der Waals surface area contributed by atoms with Crippen LogP contribution in [0.5, 0.6) is 0 Å². The van der Waals surface area contributed by atoms with Gasteiger partial charge in [0.15, 0.2) is 0 Å². The molecule has 3 fully saturated rings. The number of aliphatic hydroxyl groups is 1. The van der Waals surface area contributed by atoms with Crippen LogP contribution in [0.25, 0.3) is 0 Å². The van der Waals surface area contributed by atoms with Gasteiger partial charge < -0.3 is 9.84 Å². The van der Waals surface area contributed by atoms with Crippen molar-refractivity contribution in [2.75, 3.05) is 6.61 Å². The van der Waals surface area contributed by atoms with E-state index in [9.17, 15) is 5.11 Å². The van der Waals surface area contributed by atoms with E-state index >= 15 is 0 Å². The Hall–Kier alpha value is -0.0800. The predicted molar refractivity (Wildman–Crippen MR) is 90.8 cm³/mol. The van der Waals surface area contributed by atoms with Gasteiger partial charge in [0.25, 0.3) is 0 Å². The second-order valence-electron chi connectivity index (χ2n) is 9.56. The zero-order valence-corrected chi connectivity index (χ0v) is 15.2. The lowest BCUT2D eigenvalue weighted by Gasteiger charge is -2.60. The SMILES string of the molecule is CCC[C@@H](CO)OC12CCCC(C)(CCC3C1CC3(C)C)C2. The molecule has 3 aliphatic rings. The second kappa shape index (κ2) is 5.77. The number of fused-ring (bicyclic) bond motifs is 4. The van der Waals surface area contributed by atoms with Gasteiger partial charge in [0.2, 0.25) is 0 Å². The molecule has 0 aromatic heterocycles. The molecule has 0 aliphatic heterocycles. The first-order valence-electron chi connectivity index (χ1n) is 9.63. The van der Waals surface area contributed by atoms with Gasteiger partial charge in [-0.1, -0.05) is 40.5 Å². The minimum atomic E-state index is 0.0508. The van der Waals surface area contributed by atoms with Crippen molar-refractivity contribution >= 4 is 0 Å². The van der Waals surface area contributed by atoms with Crippen molar-refractivity contribution in [2.45, 2.75) is 97.2 Å². The molecule has 0 aromatic carbocycles. The van der Waals surface area contributed by atoms with E-state index in [4.69, 9.17) is 4.74 Å². The van der Waals surface area contributed by atoms with Crippen molar-refractivity contribution < 1.29 is 9.84 Å². The minimum absolute atomic E-state index is 0.0508. The molecule has 0 saturated heterocycles. The minimum Gasteiger partial charge on any atom is -0.394 e. The second-order valence-corrected chi connectivity index (χ2v) is 9.56. The summed E-state index contributed by atoms with van der Waals surface area (Å²) in [5.74, 6) is 1.56. The summed E-state index contributed by atoms with van der Waals surface area (Å²) in [6.45, 7) is 9.78. The molecule has 128 valence electrons. The Balaban J connectivity index is 1.87. The number of rotatable bonds is 5. The van der Waals surface area contributed by atoms with Gasteiger partial charge in [-0.3, -0.25) is 0 Å². The average Bonchev–Trinajstić information content (AvgIpc) is 2.50. The van der Waals surface area contributed by atoms with E-state index in [0.29, 0.717) is 10.8 Å². The summed E-state index contributed by atoms with van der Waals surface area (Å²) in [5.41, 5.74) is 1.03. The molecule has 3 aliphatic carbocycles. The first-order valence-corrected chi connectivity index (χ1v) is 9.63. The van der Waals surface area contributed by atoms with Crippen molar-refractivity contribution in [3.63, 3.8) is 0 Å². The standard InChI is InChI=1S/C20H36O2/c1-5-7-15(13-21)22-20-10-6-9-19(4,14-20)11-8-16-17(20)12-18(16,2)3/h15-17,21H,5-14H2,1-4H3/t15-,16?,17?,19?,20?/m0/s1. The Kier molecular flexibility index (Phi) is 4.40. The lowest BCUT2D eigenvalue weighted by Crippen LogP contribution is -2.58. The first kappa shape index (κ1) is 16.8. The van der Waals surface area contributed by atoms with Gasteiger partial charge in [-0.25, -0.2) is 0 Å². The van der Waals surface area contributed by atoms with Crippen LogP contribution in [0.4, 0.5) is 0 Å². The van der Waals surface area contributed by atoms with Crippen LogP contribution in [0.2, 0.25) is 0 Å². The quantitative estimate of drug-likeness (QED) is 0.779. The van der Waals surface area contributed by atoms with Crippen LogP contribution in [-0.2, 0) is 4.74 Å². The highest BCUT2D eigenvalue weighted by atomic mass is 16.5. The Morgan fingerprint density at radius 3 is 2.55 bits per heavy atom. The largest absolute Gasteiger partial charge is 0.394 e. The molecule has 0 radical (unpaired) electrons. The highest BCUT2D eigenvalue weighted by molar-refractivity contribution is 5.11. The maximum atomic E-state index is 9.76. The highest BCUT2D eigenvalue weighted by Crippen LogP contribution is 2.66. The van der Waals surface area contributed by atoms with Crippen molar-refractivity contribution in [3.05, 3.63) is 0 Å². The smallest absolute Gasteiger partial charge is 0.0813 e. The lowest BCUT2D eigenvalue weighted by atomic mass is 9.49. The molecule has 5 atom stereocenters. The Bertz CT molecular complexity index is 405. The van der Waals surface area contributed by atoms with Crippen LogP contribution in [0.15, 0.2) is 0 Å². The van der Waals surface area contributed by atoms with Gasteiger partial charge in [-0.2, -0.15) is 0 Å². The van der Waals surface area contributed by atoms with Crippen molar-refractivity contribution in [1.82, 2.24) is 0 Å². The third-order valence-electron chi connectivity index (χ3n) is 7.29. The fourth-order valence-corrected chi connectivity index (χ4v) is 6.17. The molecule has 2 bridgehead atoms. The van der Waals surface area contributed by atoms with Gasteiger partial charge in [0, 0.05) is 0 Å². The monoisotopic (exact) mass is 308 g/mol. The molecule has 0 spiro atoms. The van der Waals surface area contributed by atoms with Gasteiger partial charge in [-0.05, 0) is 67.6 Å². The molecule has 22 heavy (non-hydrogen) atoms. The van der Waals surface area contributed by atoms with Gasteiger partial charge in [-0.15, -0.1) is 0 Å². The molecule has 3 saturated carbocycles. The van der Waals surface area contributed by atoms with Crippen LogP contribution in [0.1, 0.15) is 85.5 Å². The lowest BCUT2D eigenvalue weighted by molar-refractivity contribution is -0.220. The molecule has 0 heterocycles. The highest BCUT2D eigenvalue weighted by Gasteiger charge is 2.61. The van der Waals surface area contributed by atoms with Gasteiger partial charge in [0.1, 0.15) is 0 Å². The normalized spacial score (nSPS) is 44.6. The molecule has 1 N–H and O–H groups in total. The molecule has 2 nitrogen and oxygen atoms in total. The van der Waals surface area contributed by atoms with Crippen molar-refractivity contribution in [3.8, 4) is 0 Å². The third-order valence-corrected chi connectivity index (χ3v) is 7.29. The fraction of sp³-hybridized carbons (Fsp3) is 1.00. The summed E-state index contributed by atoms with van der Waals surface area (Å²) in [6.07, 6.45) is 11.4. The van der Waals surface area contributed by atoms with Gasteiger partial charge in [0.05, 0.1) is 18.3 Å². The van der Waals surface area contributed by atoms with Gasteiger partial charge >= 0.3 is 0 Å². The maximum Gasteiger partial charge on any atom is 0.0813 e. The molecule has 0 amide bonds. The fourth-order valence-electron chi connectivity index (χ4n) is 6.17. The predicted octanol–water partition coefficient (Wildman–Crippen LogP) is 4.94. The van der Waals surface area contributed by atoms with Crippen LogP contribution >= 0.6 is 0 Å². The summed E-state index contributed by atoms with van der Waals surface area (Å²) in [7, 11) is 0. The number of hydrogen-bond acceptors (Lipinski definition) is 2. The van der Waals surface area contributed by atoms with Crippen LogP contribution < -0.4 is 0 Å². The van der Waals surface area contributed by atoms with E-state index in [0.717, 1.165) is 24.7 Å². The summed E-state index contributed by atoms with van der Waals surface area (Å²) in [4.78, 5) is 0. The number of aliphatic hydroxyl groups excluding tert-OH is 1. The molecule has 2 heteroatoms. The van der Waals surface area contributed by atoms with E-state index in [-0.39, 0.29) is 18.3 Å². The topological polar surface area (TPSA) is 29.5 Å². The summed E-state index contributed by atoms with van der Waals surface area (Å²) >= 11 is 0. The Labute approximate surface area is 137 Å². The third kappa shape index (κ3) is 2.75. The molecular weight excluding hydrogens is 272 g/mol. The number of hydrogen-bond donors (Lipinski definition) is 1. The van der Waals surface area contributed by atoms with Crippen LogP contribution in [0, 0.1) is 22.7 Å². The summed E-state index contributed by atoms with van der Waals surface area (Å²) < 4.78 is 6.76. The van der Waals surface area contributed by atoms with Crippen molar-refractivity contribution in [1.29, 1.82) is 0 Å². The van der Waals surface area contributed by atoms with Crippen molar-refractivity contribution in [2.24, 2.45) is 22.7 Å². The zero-order chi connectivity index (χ0) is 16.0. The Morgan fingerprint density at radius 2 is 1.91 bits per heavy atom. The number of ether oxygens (including phenoxy) is 1. The molecule has 4 unspecified atom stereocenters. The Morgan fingerprint density at radius 1 is 1.14 bits per heavy atom. The molecule has 0 aromatic rings. The summed E-state index contributed by atoms with van der Waals surface area (Å²) in [6, 6.07) is 0. The van der Waals surface area contributed by atoms with E-state index in [2.05, 4.69) is 27.7 Å². The maximum absolute atomic E-state index is 9.76. The molecular formula is C20H36O2. The van der Waals surface area contributed by atoms with E-state index in [1.54, 1.807) is 0 Å². The van der Waals surface area contributed by atoms with E-state index < -0.39 is 0 Å². The average molecular weight is 309 g/mol. The molecule has 3 rings (SSSR count). The van der Waals surface area contributed by atoms with Crippen LogP contribution in [-0.4, -0.2) is 23.4 Å². The van der Waals surface area contributed by atoms with Crippen LogP contribution in [0.3, 0.4) is 0 Å².